The summed E-state index contributed by atoms with van der Waals surface area (Å²) in [5.41, 5.74) is 0.211. The lowest BCUT2D eigenvalue weighted by molar-refractivity contribution is 0.550. The number of nitrogens with one attached hydrogen (secondary N) is 2. The van der Waals surface area contributed by atoms with Crippen LogP contribution in [0.2, 0.25) is 0 Å². The van der Waals surface area contributed by atoms with Crippen molar-refractivity contribution in [1.29, 1.82) is 0 Å². The third kappa shape index (κ3) is 5.23. The van der Waals surface area contributed by atoms with Crippen molar-refractivity contribution in [1.82, 2.24) is 9.44 Å². The van der Waals surface area contributed by atoms with E-state index in [4.69, 9.17) is 0 Å². The van der Waals surface area contributed by atoms with Crippen LogP contribution in [0.1, 0.15) is 31.2 Å². The Balaban J connectivity index is 1.92. The van der Waals surface area contributed by atoms with E-state index < -0.39 is 25.9 Å². The van der Waals surface area contributed by atoms with E-state index in [-0.39, 0.29) is 28.8 Å². The average molecular weight is 364 g/mol. The van der Waals surface area contributed by atoms with Gasteiger partial charge in [-0.25, -0.2) is 30.7 Å². The topological polar surface area (TPSA) is 92.3 Å². The molecule has 2 N–H and O–H groups in total. The third-order valence-electron chi connectivity index (χ3n) is 3.80. The van der Waals surface area contributed by atoms with E-state index in [1.807, 2.05) is 0 Å². The van der Waals surface area contributed by atoms with Gasteiger partial charge in [-0.05, 0) is 43.5 Å². The molecular formula is C14H21FN2O4S2. The van der Waals surface area contributed by atoms with Gasteiger partial charge in [-0.3, -0.25) is 0 Å². The highest BCUT2D eigenvalue weighted by molar-refractivity contribution is 7.90. The molecule has 1 aromatic carbocycles. The first kappa shape index (κ1) is 18.3. The number of rotatable bonds is 7. The second kappa shape index (κ2) is 7.25. The predicted molar refractivity (Wildman–Crippen MR) is 85.5 cm³/mol. The Morgan fingerprint density at radius 3 is 2.43 bits per heavy atom. The van der Waals surface area contributed by atoms with Crippen LogP contribution in [0.5, 0.6) is 0 Å². The lowest BCUT2D eigenvalue weighted by Crippen LogP contribution is -2.38. The van der Waals surface area contributed by atoms with Gasteiger partial charge in [0, 0.05) is 12.6 Å². The minimum Gasteiger partial charge on any atom is -0.212 e. The monoisotopic (exact) mass is 364 g/mol. The van der Waals surface area contributed by atoms with Crippen LogP contribution in [0.25, 0.3) is 0 Å². The summed E-state index contributed by atoms with van der Waals surface area (Å²) in [5.74, 6) is -0.824. The highest BCUT2D eigenvalue weighted by atomic mass is 32.2. The van der Waals surface area contributed by atoms with E-state index in [2.05, 4.69) is 9.44 Å². The summed E-state index contributed by atoms with van der Waals surface area (Å²) < 4.78 is 66.0. The van der Waals surface area contributed by atoms with Crippen molar-refractivity contribution >= 4 is 20.0 Å². The fourth-order valence-corrected chi connectivity index (χ4v) is 5.01. The van der Waals surface area contributed by atoms with E-state index in [9.17, 15) is 21.2 Å². The zero-order valence-electron chi connectivity index (χ0n) is 12.9. The van der Waals surface area contributed by atoms with Crippen molar-refractivity contribution in [3.05, 3.63) is 29.6 Å². The molecule has 0 bridgehead atoms. The molecule has 0 heterocycles. The molecule has 0 amide bonds. The van der Waals surface area contributed by atoms with Crippen molar-refractivity contribution in [3.8, 4) is 0 Å². The Bertz CT molecular complexity index is 757. The van der Waals surface area contributed by atoms with Crippen LogP contribution in [-0.2, 0) is 20.0 Å². The number of aryl methyl sites for hydroxylation is 1. The number of halogens is 1. The highest BCUT2D eigenvalue weighted by Gasteiger charge is 2.22. The Hall–Kier alpha value is -1.03. The quantitative estimate of drug-likeness (QED) is 0.762. The normalized spacial score (nSPS) is 16.8. The van der Waals surface area contributed by atoms with Gasteiger partial charge in [0.25, 0.3) is 0 Å². The van der Waals surface area contributed by atoms with Crippen LogP contribution in [0.3, 0.4) is 0 Å². The molecule has 0 aliphatic heterocycles. The Morgan fingerprint density at radius 2 is 1.83 bits per heavy atom. The molecule has 6 nitrogen and oxygen atoms in total. The number of sulfonamides is 2. The summed E-state index contributed by atoms with van der Waals surface area (Å²) >= 11 is 0. The van der Waals surface area contributed by atoms with Gasteiger partial charge in [-0.2, -0.15) is 0 Å². The first-order chi connectivity index (χ1) is 10.7. The van der Waals surface area contributed by atoms with Gasteiger partial charge in [-0.15, -0.1) is 0 Å². The molecule has 0 aromatic heterocycles. The summed E-state index contributed by atoms with van der Waals surface area (Å²) in [6, 6.07) is 3.39. The highest BCUT2D eigenvalue weighted by Crippen LogP contribution is 2.18. The van der Waals surface area contributed by atoms with Gasteiger partial charge in [0.05, 0.1) is 10.6 Å². The molecule has 0 spiro atoms. The van der Waals surface area contributed by atoms with E-state index in [0.717, 1.165) is 37.8 Å². The van der Waals surface area contributed by atoms with Crippen molar-refractivity contribution in [2.75, 3.05) is 12.3 Å². The first-order valence-electron chi connectivity index (χ1n) is 7.45. The summed E-state index contributed by atoms with van der Waals surface area (Å²) in [5, 5.41) is 0. The molecule has 1 aliphatic carbocycles. The maximum atomic E-state index is 13.2. The van der Waals surface area contributed by atoms with Gasteiger partial charge in [0.1, 0.15) is 5.82 Å². The maximum Gasteiger partial charge on any atom is 0.240 e. The van der Waals surface area contributed by atoms with Crippen LogP contribution in [-0.4, -0.2) is 35.2 Å². The number of hydrogen-bond donors (Lipinski definition) is 2. The summed E-state index contributed by atoms with van der Waals surface area (Å²) in [6.07, 6.45) is 3.65. The van der Waals surface area contributed by atoms with Crippen molar-refractivity contribution < 1.29 is 21.2 Å². The van der Waals surface area contributed by atoms with Gasteiger partial charge in [-0.1, -0.05) is 12.8 Å². The number of hydrogen-bond acceptors (Lipinski definition) is 4. The minimum atomic E-state index is -3.86. The zero-order valence-corrected chi connectivity index (χ0v) is 14.5. The van der Waals surface area contributed by atoms with Crippen LogP contribution in [0.4, 0.5) is 4.39 Å². The van der Waals surface area contributed by atoms with E-state index in [0.29, 0.717) is 0 Å². The Morgan fingerprint density at radius 1 is 1.17 bits per heavy atom. The molecule has 0 saturated heterocycles. The average Bonchev–Trinajstić information content (AvgIpc) is 2.93. The lowest BCUT2D eigenvalue weighted by Gasteiger charge is -2.13. The molecule has 1 aromatic rings. The molecule has 0 radical (unpaired) electrons. The fourth-order valence-electron chi connectivity index (χ4n) is 2.53. The largest absolute Gasteiger partial charge is 0.240 e. The standard InChI is InChI=1S/C14H21FN2O4S2/c1-11-10-13(6-7-14(11)15)23(20,21)16-8-9-22(18,19)17-12-4-2-3-5-12/h6-7,10,12,16-17H,2-5,8-9H2,1H3. The minimum absolute atomic E-state index is 0.0450. The molecule has 0 atom stereocenters. The Kier molecular flexibility index (Phi) is 5.77. The third-order valence-corrected chi connectivity index (χ3v) is 6.70. The summed E-state index contributed by atoms with van der Waals surface area (Å²) in [6.45, 7) is 1.23. The van der Waals surface area contributed by atoms with Gasteiger partial charge in [0.15, 0.2) is 0 Å². The van der Waals surface area contributed by atoms with Gasteiger partial charge < -0.3 is 0 Å². The second-order valence-corrected chi connectivity index (χ2v) is 9.37. The molecule has 0 unspecified atom stereocenters. The van der Waals surface area contributed by atoms with E-state index in [1.54, 1.807) is 0 Å². The second-order valence-electron chi connectivity index (χ2n) is 5.73. The molecule has 130 valence electrons. The van der Waals surface area contributed by atoms with Gasteiger partial charge in [0.2, 0.25) is 20.0 Å². The zero-order chi connectivity index (χ0) is 17.1. The molecule has 9 heteroatoms. The molecule has 2 rings (SSSR count). The summed E-state index contributed by atoms with van der Waals surface area (Å²) in [4.78, 5) is -0.0856. The van der Waals surface area contributed by atoms with E-state index in [1.165, 1.54) is 13.0 Å². The smallest absolute Gasteiger partial charge is 0.212 e. The molecule has 1 aliphatic rings. The molecule has 1 saturated carbocycles. The predicted octanol–water partition coefficient (Wildman–Crippen LogP) is 1.27. The molecule has 1 fully saturated rings. The van der Waals surface area contributed by atoms with Crippen molar-refractivity contribution in [2.24, 2.45) is 0 Å². The summed E-state index contributed by atoms with van der Waals surface area (Å²) in [7, 11) is -7.38. The molecule has 23 heavy (non-hydrogen) atoms. The molecular weight excluding hydrogens is 343 g/mol. The van der Waals surface area contributed by atoms with Crippen molar-refractivity contribution in [3.63, 3.8) is 0 Å². The van der Waals surface area contributed by atoms with Gasteiger partial charge >= 0.3 is 0 Å². The van der Waals surface area contributed by atoms with Crippen LogP contribution in [0, 0.1) is 12.7 Å². The van der Waals surface area contributed by atoms with Crippen LogP contribution in [0.15, 0.2) is 23.1 Å². The van der Waals surface area contributed by atoms with Crippen molar-refractivity contribution in [2.45, 2.75) is 43.5 Å². The maximum absolute atomic E-state index is 13.2. The fraction of sp³-hybridized carbons (Fsp3) is 0.571. The van der Waals surface area contributed by atoms with E-state index >= 15 is 0 Å². The lowest BCUT2D eigenvalue weighted by atomic mass is 10.2. The van der Waals surface area contributed by atoms with Crippen LogP contribution < -0.4 is 9.44 Å². The Labute approximate surface area is 136 Å². The van der Waals surface area contributed by atoms with Crippen LogP contribution >= 0.6 is 0 Å². The SMILES string of the molecule is Cc1cc(S(=O)(=O)NCCS(=O)(=O)NC2CCCC2)ccc1F. The number of benzene rings is 1. The first-order valence-corrected chi connectivity index (χ1v) is 10.6.